The van der Waals surface area contributed by atoms with Crippen LogP contribution in [0.25, 0.3) is 0 Å². The first-order valence-electron chi connectivity index (χ1n) is 9.67. The number of nitrogens with zero attached hydrogens (tertiary/aromatic N) is 1. The zero-order valence-corrected chi connectivity index (χ0v) is 15.2. The summed E-state index contributed by atoms with van der Waals surface area (Å²) < 4.78 is 0. The van der Waals surface area contributed by atoms with E-state index >= 15 is 0 Å². The number of hydrogen-bond acceptors (Lipinski definition) is 4. The fourth-order valence-corrected chi connectivity index (χ4v) is 3.95. The number of aliphatic carboxylic acids is 1. The molecule has 3 aliphatic rings. The van der Waals surface area contributed by atoms with Gasteiger partial charge in [-0.05, 0) is 61.8 Å². The second kappa shape index (κ2) is 7.31. The minimum absolute atomic E-state index is 0.0114. The van der Waals surface area contributed by atoms with Gasteiger partial charge >= 0.3 is 5.97 Å². The van der Waals surface area contributed by atoms with Crippen LogP contribution in [0.4, 0.5) is 5.69 Å². The fraction of sp³-hybridized carbons (Fsp3) is 0.550. The molecule has 0 atom stereocenters. The molecule has 1 heterocycles. The molecule has 1 aromatic rings. The average molecular weight is 371 g/mol. The molecule has 1 aromatic carbocycles. The molecule has 0 aromatic heterocycles. The predicted molar refractivity (Wildman–Crippen MR) is 99.6 cm³/mol. The Kier molecular flexibility index (Phi) is 4.86. The van der Waals surface area contributed by atoms with Crippen LogP contribution in [0.5, 0.6) is 0 Å². The Morgan fingerprint density at radius 3 is 2.70 bits per heavy atom. The molecule has 27 heavy (non-hydrogen) atoms. The Morgan fingerprint density at radius 2 is 2.00 bits per heavy atom. The lowest BCUT2D eigenvalue weighted by molar-refractivity contribution is -0.139. The first-order valence-corrected chi connectivity index (χ1v) is 9.67. The lowest BCUT2D eigenvalue weighted by atomic mass is 9.85. The van der Waals surface area contributed by atoms with Crippen molar-refractivity contribution >= 4 is 23.5 Å². The van der Waals surface area contributed by atoms with E-state index in [9.17, 15) is 14.4 Å². The van der Waals surface area contributed by atoms with Gasteiger partial charge in [-0.1, -0.05) is 0 Å². The number of hydrogen-bond donors (Lipinski definition) is 3. The average Bonchev–Trinajstić information content (AvgIpc) is 3.40. The number of fused-ring (bicyclic) bond motifs is 1. The number of rotatable bonds is 7. The third kappa shape index (κ3) is 4.30. The maximum atomic E-state index is 12.5. The van der Waals surface area contributed by atoms with Crippen LogP contribution < -0.4 is 10.6 Å². The van der Waals surface area contributed by atoms with E-state index in [2.05, 4.69) is 15.5 Å². The van der Waals surface area contributed by atoms with Crippen LogP contribution in [0.2, 0.25) is 0 Å². The second-order valence-electron chi connectivity index (χ2n) is 7.98. The minimum Gasteiger partial charge on any atom is -0.480 e. The van der Waals surface area contributed by atoms with E-state index in [4.69, 9.17) is 5.11 Å². The van der Waals surface area contributed by atoms with Gasteiger partial charge in [-0.2, -0.15) is 0 Å². The molecular formula is C20H25N3O4. The molecule has 2 saturated carbocycles. The van der Waals surface area contributed by atoms with Crippen LogP contribution in [0.3, 0.4) is 0 Å². The third-order valence-electron chi connectivity index (χ3n) is 5.76. The summed E-state index contributed by atoms with van der Waals surface area (Å²) in [7, 11) is 0. The lowest BCUT2D eigenvalue weighted by Crippen LogP contribution is -2.55. The van der Waals surface area contributed by atoms with Crippen molar-refractivity contribution in [1.82, 2.24) is 10.2 Å². The SMILES string of the molecule is O=C(O)CN(CC1CC1)C1CC(NC(=O)c2ccc3c(c2)CCC(=O)N3)C1. The lowest BCUT2D eigenvalue weighted by Gasteiger charge is -2.42. The van der Waals surface area contributed by atoms with Crippen LogP contribution in [-0.2, 0) is 16.0 Å². The van der Waals surface area contributed by atoms with Crippen LogP contribution in [0.1, 0.15) is 48.0 Å². The summed E-state index contributed by atoms with van der Waals surface area (Å²) in [5.74, 6) is -0.235. The van der Waals surface area contributed by atoms with Crippen molar-refractivity contribution < 1.29 is 19.5 Å². The largest absolute Gasteiger partial charge is 0.480 e. The number of amides is 2. The summed E-state index contributed by atoms with van der Waals surface area (Å²) in [4.78, 5) is 37.1. The molecule has 1 aliphatic heterocycles. The molecule has 2 aliphatic carbocycles. The summed E-state index contributed by atoms with van der Waals surface area (Å²) in [6.07, 6.45) is 5.09. The quantitative estimate of drug-likeness (QED) is 0.677. The van der Waals surface area contributed by atoms with Gasteiger partial charge in [-0.15, -0.1) is 0 Å². The number of nitrogens with one attached hydrogen (secondary N) is 2. The van der Waals surface area contributed by atoms with Gasteiger partial charge in [0.25, 0.3) is 5.91 Å². The zero-order valence-electron chi connectivity index (χ0n) is 15.2. The molecule has 2 amide bonds. The summed E-state index contributed by atoms with van der Waals surface area (Å²) >= 11 is 0. The number of benzene rings is 1. The van der Waals surface area contributed by atoms with Crippen LogP contribution >= 0.6 is 0 Å². The maximum absolute atomic E-state index is 12.5. The van der Waals surface area contributed by atoms with Crippen molar-refractivity contribution in [2.45, 2.75) is 50.6 Å². The Morgan fingerprint density at radius 1 is 1.22 bits per heavy atom. The summed E-state index contributed by atoms with van der Waals surface area (Å²) in [5, 5.41) is 15.0. The highest BCUT2D eigenvalue weighted by atomic mass is 16.4. The summed E-state index contributed by atoms with van der Waals surface area (Å²) in [5.41, 5.74) is 2.38. The molecule has 7 heteroatoms. The van der Waals surface area contributed by atoms with Crippen molar-refractivity contribution in [1.29, 1.82) is 0 Å². The topological polar surface area (TPSA) is 98.7 Å². The van der Waals surface area contributed by atoms with Gasteiger partial charge < -0.3 is 15.7 Å². The summed E-state index contributed by atoms with van der Waals surface area (Å²) in [6, 6.07) is 5.71. The Bertz CT molecular complexity index is 768. The van der Waals surface area contributed by atoms with E-state index in [0.29, 0.717) is 24.3 Å². The van der Waals surface area contributed by atoms with Crippen LogP contribution in [0.15, 0.2) is 18.2 Å². The van der Waals surface area contributed by atoms with Crippen molar-refractivity contribution in [2.75, 3.05) is 18.4 Å². The maximum Gasteiger partial charge on any atom is 0.317 e. The van der Waals surface area contributed by atoms with Crippen LogP contribution in [0, 0.1) is 5.92 Å². The van der Waals surface area contributed by atoms with Crippen molar-refractivity contribution in [2.24, 2.45) is 5.92 Å². The highest BCUT2D eigenvalue weighted by Gasteiger charge is 2.37. The van der Waals surface area contributed by atoms with E-state index < -0.39 is 5.97 Å². The fourth-order valence-electron chi connectivity index (χ4n) is 3.95. The third-order valence-corrected chi connectivity index (χ3v) is 5.76. The molecule has 7 nitrogen and oxygen atoms in total. The Labute approximate surface area is 158 Å². The number of carboxylic acid groups (broad SMARTS) is 1. The summed E-state index contributed by atoms with van der Waals surface area (Å²) in [6.45, 7) is 0.937. The number of carbonyl (C=O) groups is 3. The number of anilines is 1. The monoisotopic (exact) mass is 371 g/mol. The van der Waals surface area contributed by atoms with E-state index in [1.54, 1.807) is 12.1 Å². The zero-order chi connectivity index (χ0) is 19.0. The highest BCUT2D eigenvalue weighted by Crippen LogP contribution is 2.34. The van der Waals surface area contributed by atoms with Gasteiger partial charge in [0.1, 0.15) is 0 Å². The van der Waals surface area contributed by atoms with Gasteiger partial charge in [0.05, 0.1) is 6.54 Å². The van der Waals surface area contributed by atoms with Gasteiger partial charge in [0.2, 0.25) is 5.91 Å². The molecule has 0 spiro atoms. The van der Waals surface area contributed by atoms with Gasteiger partial charge in [-0.3, -0.25) is 19.3 Å². The first kappa shape index (κ1) is 18.0. The van der Waals surface area contributed by atoms with E-state index in [-0.39, 0.29) is 30.4 Å². The van der Waals surface area contributed by atoms with Gasteiger partial charge in [0, 0.05) is 36.3 Å². The number of carboxylic acids is 1. The Hall–Kier alpha value is -2.41. The number of aryl methyl sites for hydroxylation is 1. The normalized spacial score (nSPS) is 24.0. The molecule has 4 rings (SSSR count). The van der Waals surface area contributed by atoms with E-state index in [0.717, 1.165) is 30.6 Å². The van der Waals surface area contributed by atoms with E-state index in [1.165, 1.54) is 12.8 Å². The molecule has 144 valence electrons. The molecule has 0 bridgehead atoms. The van der Waals surface area contributed by atoms with Crippen molar-refractivity contribution in [3.8, 4) is 0 Å². The second-order valence-corrected chi connectivity index (χ2v) is 7.98. The molecule has 0 unspecified atom stereocenters. The molecular weight excluding hydrogens is 346 g/mol. The standard InChI is InChI=1S/C20H25N3O4/c24-18-6-4-13-7-14(3-5-17(13)22-18)20(27)21-15-8-16(9-15)23(11-19(25)26)10-12-1-2-12/h3,5,7,12,15-16H,1-2,4,6,8-11H2,(H,21,27)(H,22,24)(H,25,26). The van der Waals surface area contributed by atoms with Crippen LogP contribution in [-0.4, -0.2) is 53.0 Å². The number of carbonyl (C=O) groups excluding carboxylic acids is 2. The molecule has 0 saturated heterocycles. The first-order chi connectivity index (χ1) is 13.0. The van der Waals surface area contributed by atoms with E-state index in [1.807, 2.05) is 6.07 Å². The molecule has 2 fully saturated rings. The van der Waals surface area contributed by atoms with Crippen molar-refractivity contribution in [3.05, 3.63) is 29.3 Å². The Balaban J connectivity index is 1.31. The predicted octanol–water partition coefficient (Wildman–Crippen LogP) is 1.63. The minimum atomic E-state index is -0.788. The highest BCUT2D eigenvalue weighted by molar-refractivity contribution is 5.98. The van der Waals surface area contributed by atoms with Gasteiger partial charge in [0.15, 0.2) is 0 Å². The van der Waals surface area contributed by atoms with Gasteiger partial charge in [-0.25, -0.2) is 0 Å². The molecule has 0 radical (unpaired) electrons. The molecule has 3 N–H and O–H groups in total. The van der Waals surface area contributed by atoms with Crippen molar-refractivity contribution in [3.63, 3.8) is 0 Å². The smallest absolute Gasteiger partial charge is 0.317 e.